The number of benzene rings is 1. The number of carbonyl (C=O) groups excluding carboxylic acids is 1. The number of aliphatic carboxylic acids is 1. The maximum absolute atomic E-state index is 11.7. The molecule has 2 aromatic rings. The molecular formula is C17H19N3O3. The molecule has 1 amide bonds. The summed E-state index contributed by atoms with van der Waals surface area (Å²) in [7, 11) is 0. The number of nitrogens with one attached hydrogen (secondary N) is 1. The highest BCUT2D eigenvalue weighted by molar-refractivity contribution is 5.94. The first-order valence-electron chi connectivity index (χ1n) is 7.23. The molecule has 0 aliphatic rings. The van der Waals surface area contributed by atoms with Gasteiger partial charge in [0.15, 0.2) is 0 Å². The Bertz CT molecular complexity index is 748. The van der Waals surface area contributed by atoms with Gasteiger partial charge in [-0.3, -0.25) is 9.59 Å². The van der Waals surface area contributed by atoms with E-state index in [2.05, 4.69) is 10.4 Å². The van der Waals surface area contributed by atoms with Crippen molar-refractivity contribution in [2.75, 3.05) is 0 Å². The van der Waals surface area contributed by atoms with Gasteiger partial charge >= 0.3 is 5.97 Å². The fourth-order valence-electron chi connectivity index (χ4n) is 2.20. The van der Waals surface area contributed by atoms with Gasteiger partial charge in [0.25, 0.3) is 0 Å². The standard InChI is InChI=1S/C17H19N3O3/c1-11-15(9-10-16(21)18-12(2)17(22)23)13(3)20(19-11)14-7-5-4-6-8-14/h4-10,12H,1-3H3,(H,18,21)(H,22,23)/b10-9+. The molecule has 0 bridgehead atoms. The predicted molar refractivity (Wildman–Crippen MR) is 87.3 cm³/mol. The van der Waals surface area contributed by atoms with Crippen LogP contribution in [0.4, 0.5) is 0 Å². The lowest BCUT2D eigenvalue weighted by Crippen LogP contribution is -2.37. The molecular weight excluding hydrogens is 294 g/mol. The monoisotopic (exact) mass is 313 g/mol. The van der Waals surface area contributed by atoms with Crippen LogP contribution >= 0.6 is 0 Å². The molecule has 2 N–H and O–H groups in total. The van der Waals surface area contributed by atoms with Crippen molar-refractivity contribution in [2.24, 2.45) is 0 Å². The van der Waals surface area contributed by atoms with Crippen LogP contribution in [0.1, 0.15) is 23.9 Å². The number of hydrogen-bond donors (Lipinski definition) is 2. The van der Waals surface area contributed by atoms with Crippen LogP contribution in [0.2, 0.25) is 0 Å². The van der Waals surface area contributed by atoms with Crippen LogP contribution in [0.25, 0.3) is 11.8 Å². The molecule has 0 aliphatic heterocycles. The topological polar surface area (TPSA) is 84.2 Å². The van der Waals surface area contributed by atoms with E-state index in [1.807, 2.05) is 48.9 Å². The number of rotatable bonds is 5. The van der Waals surface area contributed by atoms with Gasteiger partial charge < -0.3 is 10.4 Å². The zero-order chi connectivity index (χ0) is 17.0. The van der Waals surface area contributed by atoms with Crippen molar-refractivity contribution in [3.8, 4) is 5.69 Å². The lowest BCUT2D eigenvalue weighted by atomic mass is 10.2. The van der Waals surface area contributed by atoms with E-state index >= 15 is 0 Å². The summed E-state index contributed by atoms with van der Waals surface area (Å²) in [5.74, 6) is -1.53. The summed E-state index contributed by atoms with van der Waals surface area (Å²) in [4.78, 5) is 22.5. The van der Waals surface area contributed by atoms with E-state index in [4.69, 9.17) is 5.11 Å². The summed E-state index contributed by atoms with van der Waals surface area (Å²) < 4.78 is 1.81. The quantitative estimate of drug-likeness (QED) is 0.828. The molecule has 0 radical (unpaired) electrons. The number of amides is 1. The minimum atomic E-state index is -1.07. The van der Waals surface area contributed by atoms with Gasteiger partial charge in [-0.25, -0.2) is 4.68 Å². The lowest BCUT2D eigenvalue weighted by Gasteiger charge is -2.06. The van der Waals surface area contributed by atoms with Crippen LogP contribution in [-0.2, 0) is 9.59 Å². The van der Waals surface area contributed by atoms with Crippen LogP contribution in [0, 0.1) is 13.8 Å². The van der Waals surface area contributed by atoms with Gasteiger partial charge in [0.2, 0.25) is 5.91 Å². The lowest BCUT2D eigenvalue weighted by molar-refractivity contribution is -0.140. The van der Waals surface area contributed by atoms with E-state index in [9.17, 15) is 9.59 Å². The summed E-state index contributed by atoms with van der Waals surface area (Å²) in [6, 6.07) is 8.78. The van der Waals surface area contributed by atoms with Crippen LogP contribution < -0.4 is 5.32 Å². The summed E-state index contributed by atoms with van der Waals surface area (Å²) in [6.45, 7) is 5.20. The molecule has 2 rings (SSSR count). The van der Waals surface area contributed by atoms with E-state index in [1.54, 1.807) is 6.08 Å². The minimum Gasteiger partial charge on any atom is -0.480 e. The minimum absolute atomic E-state index is 0.453. The molecule has 1 aromatic carbocycles. The molecule has 0 saturated heterocycles. The summed E-state index contributed by atoms with van der Waals surface area (Å²) in [5.41, 5.74) is 3.48. The number of carboxylic acid groups (broad SMARTS) is 1. The summed E-state index contributed by atoms with van der Waals surface area (Å²) in [5, 5.41) is 15.6. The van der Waals surface area contributed by atoms with Crippen molar-refractivity contribution < 1.29 is 14.7 Å². The Morgan fingerprint density at radius 2 is 1.91 bits per heavy atom. The largest absolute Gasteiger partial charge is 0.480 e. The van der Waals surface area contributed by atoms with Crippen molar-refractivity contribution in [2.45, 2.75) is 26.8 Å². The van der Waals surface area contributed by atoms with Gasteiger partial charge in [-0.05, 0) is 39.0 Å². The summed E-state index contributed by atoms with van der Waals surface area (Å²) in [6.07, 6.45) is 2.98. The average Bonchev–Trinajstić information content (AvgIpc) is 2.80. The van der Waals surface area contributed by atoms with Gasteiger partial charge in [-0.15, -0.1) is 0 Å². The Balaban J connectivity index is 2.21. The zero-order valence-corrected chi connectivity index (χ0v) is 13.3. The van der Waals surface area contributed by atoms with Crippen LogP contribution in [-0.4, -0.2) is 32.8 Å². The van der Waals surface area contributed by atoms with Gasteiger partial charge in [0.1, 0.15) is 6.04 Å². The first-order valence-corrected chi connectivity index (χ1v) is 7.23. The molecule has 6 heteroatoms. The number of para-hydroxylation sites is 1. The van der Waals surface area contributed by atoms with E-state index in [1.165, 1.54) is 13.0 Å². The van der Waals surface area contributed by atoms with E-state index in [0.717, 1.165) is 22.6 Å². The molecule has 1 aromatic heterocycles. The van der Waals surface area contributed by atoms with Crippen LogP contribution in [0.5, 0.6) is 0 Å². The average molecular weight is 313 g/mol. The first-order chi connectivity index (χ1) is 10.9. The molecule has 120 valence electrons. The Morgan fingerprint density at radius 3 is 2.52 bits per heavy atom. The normalized spacial score (nSPS) is 12.3. The third-order valence-corrected chi connectivity index (χ3v) is 3.48. The van der Waals surface area contributed by atoms with E-state index < -0.39 is 17.9 Å². The number of carboxylic acids is 1. The number of nitrogens with zero attached hydrogens (tertiary/aromatic N) is 2. The van der Waals surface area contributed by atoms with Crippen LogP contribution in [0.15, 0.2) is 36.4 Å². The first kappa shape index (κ1) is 16.5. The summed E-state index contributed by atoms with van der Waals surface area (Å²) >= 11 is 0. The highest BCUT2D eigenvalue weighted by Crippen LogP contribution is 2.18. The van der Waals surface area contributed by atoms with Crippen molar-refractivity contribution >= 4 is 18.0 Å². The molecule has 1 atom stereocenters. The number of hydrogen-bond acceptors (Lipinski definition) is 3. The molecule has 6 nitrogen and oxygen atoms in total. The van der Waals surface area contributed by atoms with Crippen molar-refractivity contribution in [3.05, 3.63) is 53.4 Å². The van der Waals surface area contributed by atoms with Crippen molar-refractivity contribution in [1.82, 2.24) is 15.1 Å². The molecule has 0 saturated carbocycles. The van der Waals surface area contributed by atoms with Crippen LogP contribution in [0.3, 0.4) is 0 Å². The van der Waals surface area contributed by atoms with Crippen molar-refractivity contribution in [1.29, 1.82) is 0 Å². The van der Waals surface area contributed by atoms with E-state index in [0.29, 0.717) is 0 Å². The number of aryl methyl sites for hydroxylation is 1. The van der Waals surface area contributed by atoms with Gasteiger partial charge in [-0.2, -0.15) is 5.10 Å². The van der Waals surface area contributed by atoms with Gasteiger partial charge in [0.05, 0.1) is 11.4 Å². The molecule has 1 unspecified atom stereocenters. The molecule has 0 spiro atoms. The second-order valence-corrected chi connectivity index (χ2v) is 5.23. The number of aromatic nitrogens is 2. The zero-order valence-electron chi connectivity index (χ0n) is 13.3. The fourth-order valence-corrected chi connectivity index (χ4v) is 2.20. The molecule has 23 heavy (non-hydrogen) atoms. The maximum Gasteiger partial charge on any atom is 0.325 e. The highest BCUT2D eigenvalue weighted by atomic mass is 16.4. The predicted octanol–water partition coefficient (Wildman–Crippen LogP) is 2.09. The molecule has 0 fully saturated rings. The Kier molecular flexibility index (Phi) is 4.95. The highest BCUT2D eigenvalue weighted by Gasteiger charge is 2.13. The second-order valence-electron chi connectivity index (χ2n) is 5.23. The number of carbonyl (C=O) groups is 2. The third kappa shape index (κ3) is 3.85. The van der Waals surface area contributed by atoms with Gasteiger partial charge in [-0.1, -0.05) is 18.2 Å². The Hall–Kier alpha value is -2.89. The Morgan fingerprint density at radius 1 is 1.26 bits per heavy atom. The molecule has 0 aliphatic carbocycles. The Labute approximate surface area is 134 Å². The van der Waals surface area contributed by atoms with Crippen molar-refractivity contribution in [3.63, 3.8) is 0 Å². The SMILES string of the molecule is Cc1nn(-c2ccccc2)c(C)c1/C=C/C(=O)NC(C)C(=O)O. The fraction of sp³-hybridized carbons (Fsp3) is 0.235. The smallest absolute Gasteiger partial charge is 0.325 e. The van der Waals surface area contributed by atoms with E-state index in [-0.39, 0.29) is 0 Å². The van der Waals surface area contributed by atoms with Gasteiger partial charge in [0, 0.05) is 17.3 Å². The second kappa shape index (κ2) is 6.91. The molecule has 1 heterocycles. The maximum atomic E-state index is 11.7. The third-order valence-electron chi connectivity index (χ3n) is 3.48.